The van der Waals surface area contributed by atoms with Gasteiger partial charge >= 0.3 is 0 Å². The van der Waals surface area contributed by atoms with Crippen LogP contribution in [0.3, 0.4) is 0 Å². The van der Waals surface area contributed by atoms with Crippen LogP contribution in [0.4, 0.5) is 0 Å². The van der Waals surface area contributed by atoms with E-state index in [4.69, 9.17) is 10.5 Å². The van der Waals surface area contributed by atoms with Gasteiger partial charge in [0.25, 0.3) is 0 Å². The second kappa shape index (κ2) is 7.22. The summed E-state index contributed by atoms with van der Waals surface area (Å²) >= 11 is 0. The number of nitrogens with two attached hydrogens (primary N) is 1. The number of rotatable bonds is 6. The van der Waals surface area contributed by atoms with Gasteiger partial charge in [0.05, 0.1) is 6.61 Å². The number of amides is 2. The lowest BCUT2D eigenvalue weighted by Crippen LogP contribution is -2.43. The molecule has 1 aliphatic heterocycles. The molecule has 2 amide bonds. The third-order valence-corrected chi connectivity index (χ3v) is 3.60. The van der Waals surface area contributed by atoms with Crippen LogP contribution in [-0.4, -0.2) is 29.9 Å². The molecule has 0 bridgehead atoms. The summed E-state index contributed by atoms with van der Waals surface area (Å²) in [6.07, 6.45) is 1.57. The number of hydrogen-bond acceptors (Lipinski definition) is 4. The van der Waals surface area contributed by atoms with Gasteiger partial charge in [0.2, 0.25) is 11.8 Å². The zero-order chi connectivity index (χ0) is 15.2. The molecule has 1 aromatic rings. The predicted molar refractivity (Wildman–Crippen MR) is 79.6 cm³/mol. The average Bonchev–Trinajstić information content (AvgIpc) is 2.46. The number of carbonyl (C=O) groups excluding carboxylic acids is 2. The van der Waals surface area contributed by atoms with E-state index < -0.39 is 0 Å². The molecule has 0 aliphatic carbocycles. The second-order valence-electron chi connectivity index (χ2n) is 5.50. The van der Waals surface area contributed by atoms with Gasteiger partial charge in [-0.2, -0.15) is 0 Å². The highest BCUT2D eigenvalue weighted by Crippen LogP contribution is 2.19. The number of imide groups is 1. The molecule has 5 heteroatoms. The Bertz CT molecular complexity index is 481. The number of hydrogen-bond donors (Lipinski definition) is 1. The number of likely N-dealkylation sites (tertiary alicyclic amines) is 1. The fourth-order valence-electron chi connectivity index (χ4n) is 2.41. The van der Waals surface area contributed by atoms with E-state index >= 15 is 0 Å². The van der Waals surface area contributed by atoms with Crippen molar-refractivity contribution in [2.24, 2.45) is 11.7 Å². The first-order valence-corrected chi connectivity index (χ1v) is 7.35. The van der Waals surface area contributed by atoms with Crippen LogP contribution >= 0.6 is 0 Å². The lowest BCUT2D eigenvalue weighted by Gasteiger charge is -2.28. The number of nitrogens with zero attached hydrogens (tertiary/aromatic N) is 1. The van der Waals surface area contributed by atoms with E-state index in [0.29, 0.717) is 39.0 Å². The maximum atomic E-state index is 11.8. The van der Waals surface area contributed by atoms with Crippen molar-refractivity contribution >= 4 is 11.8 Å². The highest BCUT2D eigenvalue weighted by atomic mass is 16.5. The van der Waals surface area contributed by atoms with E-state index in [2.05, 4.69) is 0 Å². The second-order valence-corrected chi connectivity index (χ2v) is 5.50. The zero-order valence-corrected chi connectivity index (χ0v) is 12.4. The first kappa shape index (κ1) is 15.5. The molecular formula is C16H22N2O3. The maximum absolute atomic E-state index is 11.8. The summed E-state index contributed by atoms with van der Waals surface area (Å²) in [6, 6.07) is 7.60. The van der Waals surface area contributed by atoms with Crippen LogP contribution in [0.25, 0.3) is 0 Å². The van der Waals surface area contributed by atoms with Crippen molar-refractivity contribution in [1.29, 1.82) is 0 Å². The van der Waals surface area contributed by atoms with Crippen LogP contribution in [0.1, 0.15) is 31.7 Å². The fraction of sp³-hybridized carbons (Fsp3) is 0.500. The largest absolute Gasteiger partial charge is 0.494 e. The summed E-state index contributed by atoms with van der Waals surface area (Å²) in [7, 11) is 0. The van der Waals surface area contributed by atoms with Gasteiger partial charge in [-0.25, -0.2) is 0 Å². The zero-order valence-electron chi connectivity index (χ0n) is 12.4. The van der Waals surface area contributed by atoms with Crippen molar-refractivity contribution < 1.29 is 14.3 Å². The third kappa shape index (κ3) is 4.29. The van der Waals surface area contributed by atoms with E-state index in [0.717, 1.165) is 11.3 Å². The lowest BCUT2D eigenvalue weighted by molar-refractivity contribution is -0.149. The van der Waals surface area contributed by atoms with Crippen molar-refractivity contribution in [3.8, 4) is 5.75 Å². The van der Waals surface area contributed by atoms with Gasteiger partial charge in [-0.1, -0.05) is 19.1 Å². The number of ether oxygens (including phenoxy) is 1. The molecule has 0 saturated carbocycles. The van der Waals surface area contributed by atoms with Crippen LogP contribution in [0.5, 0.6) is 5.75 Å². The van der Waals surface area contributed by atoms with Crippen molar-refractivity contribution in [3.05, 3.63) is 29.8 Å². The Morgan fingerprint density at radius 1 is 1.19 bits per heavy atom. The Balaban J connectivity index is 1.73. The number of carbonyl (C=O) groups is 2. The molecule has 0 unspecified atom stereocenters. The van der Waals surface area contributed by atoms with Crippen molar-refractivity contribution in [3.63, 3.8) is 0 Å². The molecule has 0 spiro atoms. The number of piperidine rings is 1. The predicted octanol–water partition coefficient (Wildman–Crippen LogP) is 1.70. The van der Waals surface area contributed by atoms with Gasteiger partial charge in [-0.05, 0) is 30.0 Å². The van der Waals surface area contributed by atoms with Crippen LogP contribution < -0.4 is 10.5 Å². The molecule has 21 heavy (non-hydrogen) atoms. The Morgan fingerprint density at radius 3 is 2.38 bits per heavy atom. The Labute approximate surface area is 125 Å². The molecule has 1 aromatic carbocycles. The van der Waals surface area contributed by atoms with Crippen molar-refractivity contribution in [2.45, 2.75) is 32.7 Å². The standard InChI is InChI=1S/C16H22N2O3/c1-12-9-15(19)18(16(20)10-12)7-2-8-21-14-5-3-13(11-17)4-6-14/h3-6,12H,2,7-11,17H2,1H3. The highest BCUT2D eigenvalue weighted by Gasteiger charge is 2.29. The van der Waals surface area contributed by atoms with Crippen molar-refractivity contribution in [2.75, 3.05) is 13.2 Å². The van der Waals surface area contributed by atoms with E-state index in [9.17, 15) is 9.59 Å². The Morgan fingerprint density at radius 2 is 1.81 bits per heavy atom. The monoisotopic (exact) mass is 290 g/mol. The van der Waals surface area contributed by atoms with Gasteiger partial charge in [-0.3, -0.25) is 14.5 Å². The van der Waals surface area contributed by atoms with Gasteiger partial charge in [-0.15, -0.1) is 0 Å². The molecule has 1 aliphatic rings. The molecule has 114 valence electrons. The van der Waals surface area contributed by atoms with Gasteiger partial charge < -0.3 is 10.5 Å². The molecule has 2 N–H and O–H groups in total. The molecule has 1 saturated heterocycles. The highest BCUT2D eigenvalue weighted by molar-refractivity contribution is 5.97. The van der Waals surface area contributed by atoms with Crippen molar-refractivity contribution in [1.82, 2.24) is 4.90 Å². The maximum Gasteiger partial charge on any atom is 0.229 e. The third-order valence-electron chi connectivity index (χ3n) is 3.60. The van der Waals surface area contributed by atoms with Gasteiger partial charge in [0.1, 0.15) is 5.75 Å². The first-order chi connectivity index (χ1) is 10.1. The lowest BCUT2D eigenvalue weighted by atomic mass is 9.98. The molecule has 0 aromatic heterocycles. The summed E-state index contributed by atoms with van der Waals surface area (Å²) in [6.45, 7) is 3.36. The van der Waals surface area contributed by atoms with Gasteiger partial charge in [0, 0.05) is 25.9 Å². The van der Waals surface area contributed by atoms with Crippen LogP contribution in [0, 0.1) is 5.92 Å². The summed E-state index contributed by atoms with van der Waals surface area (Å²) in [4.78, 5) is 25.0. The Hall–Kier alpha value is -1.88. The van der Waals surface area contributed by atoms with E-state index in [-0.39, 0.29) is 17.7 Å². The van der Waals surface area contributed by atoms with E-state index in [1.807, 2.05) is 31.2 Å². The molecular weight excluding hydrogens is 268 g/mol. The SMILES string of the molecule is CC1CC(=O)N(CCCOc2ccc(CN)cc2)C(=O)C1. The summed E-state index contributed by atoms with van der Waals surface area (Å²) in [5, 5.41) is 0. The first-order valence-electron chi connectivity index (χ1n) is 7.35. The van der Waals surface area contributed by atoms with Crippen LogP contribution in [0.15, 0.2) is 24.3 Å². The fourth-order valence-corrected chi connectivity index (χ4v) is 2.41. The molecule has 1 fully saturated rings. The molecule has 0 atom stereocenters. The minimum atomic E-state index is -0.0638. The van der Waals surface area contributed by atoms with Crippen LogP contribution in [0.2, 0.25) is 0 Å². The molecule has 5 nitrogen and oxygen atoms in total. The smallest absolute Gasteiger partial charge is 0.229 e. The average molecular weight is 290 g/mol. The quantitative estimate of drug-likeness (QED) is 0.639. The molecule has 0 radical (unpaired) electrons. The normalized spacial score (nSPS) is 16.4. The summed E-state index contributed by atoms with van der Waals surface area (Å²) in [5.41, 5.74) is 6.59. The van der Waals surface area contributed by atoms with E-state index in [1.54, 1.807) is 0 Å². The Kier molecular flexibility index (Phi) is 5.33. The molecule has 1 heterocycles. The minimum absolute atomic E-state index is 0.0638. The number of benzene rings is 1. The van der Waals surface area contributed by atoms with E-state index in [1.165, 1.54) is 4.90 Å². The topological polar surface area (TPSA) is 72.6 Å². The minimum Gasteiger partial charge on any atom is -0.494 e. The summed E-state index contributed by atoms with van der Waals surface area (Å²) < 4.78 is 5.60. The summed E-state index contributed by atoms with van der Waals surface area (Å²) in [5.74, 6) is 0.813. The molecule has 2 rings (SSSR count). The van der Waals surface area contributed by atoms with Gasteiger partial charge in [0.15, 0.2) is 0 Å². The van der Waals surface area contributed by atoms with Crippen LogP contribution in [-0.2, 0) is 16.1 Å².